The standard InChI is InChI=1S/C19H20N2O3/c1-13-4-3-5-14(10-13)12-20-19(23)15-6-7-17-16(11-15)21(2)18(22)8-9-24-17/h3-7,10-11H,8-9,12H2,1-2H3,(H,20,23). The van der Waals surface area contributed by atoms with E-state index in [4.69, 9.17) is 4.74 Å². The predicted molar refractivity (Wildman–Crippen MR) is 92.3 cm³/mol. The number of amides is 2. The molecule has 124 valence electrons. The average Bonchev–Trinajstić information content (AvgIpc) is 2.72. The molecule has 2 amide bonds. The van der Waals surface area contributed by atoms with E-state index in [1.54, 1.807) is 30.1 Å². The van der Waals surface area contributed by atoms with Gasteiger partial charge in [-0.05, 0) is 30.7 Å². The molecule has 0 aromatic heterocycles. The molecule has 5 nitrogen and oxygen atoms in total. The van der Waals surface area contributed by atoms with Crippen LogP contribution in [0.4, 0.5) is 5.69 Å². The highest BCUT2D eigenvalue weighted by Crippen LogP contribution is 2.31. The lowest BCUT2D eigenvalue weighted by molar-refractivity contribution is -0.118. The maximum absolute atomic E-state index is 12.4. The van der Waals surface area contributed by atoms with Crippen LogP contribution in [0.1, 0.15) is 27.9 Å². The number of ether oxygens (including phenoxy) is 1. The average molecular weight is 324 g/mol. The number of benzene rings is 2. The van der Waals surface area contributed by atoms with E-state index in [-0.39, 0.29) is 11.8 Å². The van der Waals surface area contributed by atoms with E-state index >= 15 is 0 Å². The first-order valence-corrected chi connectivity index (χ1v) is 7.92. The van der Waals surface area contributed by atoms with E-state index < -0.39 is 0 Å². The molecule has 0 radical (unpaired) electrons. The summed E-state index contributed by atoms with van der Waals surface area (Å²) in [4.78, 5) is 25.9. The highest BCUT2D eigenvalue weighted by atomic mass is 16.5. The second-order valence-corrected chi connectivity index (χ2v) is 5.91. The summed E-state index contributed by atoms with van der Waals surface area (Å²) >= 11 is 0. The Hall–Kier alpha value is -2.82. The molecule has 1 aliphatic heterocycles. The minimum atomic E-state index is -0.176. The highest BCUT2D eigenvalue weighted by Gasteiger charge is 2.21. The van der Waals surface area contributed by atoms with Crippen LogP contribution in [0.25, 0.3) is 0 Å². The number of aryl methyl sites for hydroxylation is 1. The number of rotatable bonds is 3. The summed E-state index contributed by atoms with van der Waals surface area (Å²) in [6.45, 7) is 2.84. The first kappa shape index (κ1) is 16.1. The van der Waals surface area contributed by atoms with E-state index in [0.717, 1.165) is 11.1 Å². The molecule has 0 atom stereocenters. The van der Waals surface area contributed by atoms with E-state index in [1.807, 2.05) is 31.2 Å². The number of nitrogens with zero attached hydrogens (tertiary/aromatic N) is 1. The fourth-order valence-corrected chi connectivity index (χ4v) is 2.70. The Morgan fingerprint density at radius 1 is 1.25 bits per heavy atom. The molecule has 0 aliphatic carbocycles. The molecule has 5 heteroatoms. The zero-order chi connectivity index (χ0) is 17.1. The zero-order valence-corrected chi connectivity index (χ0v) is 13.8. The van der Waals surface area contributed by atoms with Crippen molar-refractivity contribution >= 4 is 17.5 Å². The molecule has 0 spiro atoms. The van der Waals surface area contributed by atoms with E-state index in [0.29, 0.717) is 36.6 Å². The van der Waals surface area contributed by atoms with Crippen molar-refractivity contribution in [3.8, 4) is 5.75 Å². The fraction of sp³-hybridized carbons (Fsp3) is 0.263. The third-order valence-corrected chi connectivity index (χ3v) is 4.07. The van der Waals surface area contributed by atoms with Crippen LogP contribution < -0.4 is 15.0 Å². The van der Waals surface area contributed by atoms with E-state index in [9.17, 15) is 9.59 Å². The Balaban J connectivity index is 1.76. The zero-order valence-electron chi connectivity index (χ0n) is 13.8. The summed E-state index contributed by atoms with van der Waals surface area (Å²) in [5, 5.41) is 2.91. The number of hydrogen-bond donors (Lipinski definition) is 1. The van der Waals surface area contributed by atoms with Crippen molar-refractivity contribution in [2.24, 2.45) is 0 Å². The Morgan fingerprint density at radius 3 is 2.88 bits per heavy atom. The maximum atomic E-state index is 12.4. The molecule has 0 saturated heterocycles. The number of hydrogen-bond acceptors (Lipinski definition) is 3. The van der Waals surface area contributed by atoms with Gasteiger partial charge in [0.05, 0.1) is 18.7 Å². The summed E-state index contributed by atoms with van der Waals surface area (Å²) in [6.07, 6.45) is 0.333. The number of carbonyl (C=O) groups is 2. The van der Waals surface area contributed by atoms with Gasteiger partial charge < -0.3 is 15.0 Å². The third-order valence-electron chi connectivity index (χ3n) is 4.07. The van der Waals surface area contributed by atoms with Crippen LogP contribution in [0, 0.1) is 6.92 Å². The van der Waals surface area contributed by atoms with Gasteiger partial charge in [0.2, 0.25) is 5.91 Å². The normalized spacial score (nSPS) is 13.8. The fourth-order valence-electron chi connectivity index (χ4n) is 2.70. The van der Waals surface area contributed by atoms with Gasteiger partial charge in [-0.3, -0.25) is 9.59 Å². The van der Waals surface area contributed by atoms with Gasteiger partial charge in [0.15, 0.2) is 0 Å². The summed E-state index contributed by atoms with van der Waals surface area (Å²) in [6, 6.07) is 13.2. The second-order valence-electron chi connectivity index (χ2n) is 5.91. The summed E-state index contributed by atoms with van der Waals surface area (Å²) < 4.78 is 5.57. The minimum Gasteiger partial charge on any atom is -0.491 e. The Morgan fingerprint density at radius 2 is 2.08 bits per heavy atom. The van der Waals surface area contributed by atoms with Crippen LogP contribution in [0.15, 0.2) is 42.5 Å². The van der Waals surface area contributed by atoms with Crippen LogP contribution in [0.2, 0.25) is 0 Å². The molecule has 0 fully saturated rings. The first-order valence-electron chi connectivity index (χ1n) is 7.92. The molecule has 1 aliphatic rings. The van der Waals surface area contributed by atoms with E-state index in [1.165, 1.54) is 0 Å². The topological polar surface area (TPSA) is 58.6 Å². The summed E-state index contributed by atoms with van der Waals surface area (Å²) in [5.41, 5.74) is 3.34. The molecule has 2 aromatic carbocycles. The lowest BCUT2D eigenvalue weighted by atomic mass is 10.1. The highest BCUT2D eigenvalue weighted by molar-refractivity contribution is 5.99. The predicted octanol–water partition coefficient (Wildman–Crippen LogP) is 2.67. The Bertz CT molecular complexity index is 786. The van der Waals surface area contributed by atoms with Crippen LogP contribution >= 0.6 is 0 Å². The van der Waals surface area contributed by atoms with Gasteiger partial charge in [-0.2, -0.15) is 0 Å². The molecular formula is C19H20N2O3. The molecule has 0 saturated carbocycles. The first-order chi connectivity index (χ1) is 11.5. The van der Waals surface area contributed by atoms with Crippen LogP contribution in [0.5, 0.6) is 5.75 Å². The van der Waals surface area contributed by atoms with Gasteiger partial charge in [0, 0.05) is 19.2 Å². The molecule has 3 rings (SSSR count). The summed E-state index contributed by atoms with van der Waals surface area (Å²) in [5.74, 6) is 0.425. The lowest BCUT2D eigenvalue weighted by Gasteiger charge is -2.17. The molecule has 24 heavy (non-hydrogen) atoms. The molecule has 1 N–H and O–H groups in total. The Labute approximate surface area is 141 Å². The summed E-state index contributed by atoms with van der Waals surface area (Å²) in [7, 11) is 1.70. The van der Waals surface area contributed by atoms with Gasteiger partial charge in [0.1, 0.15) is 5.75 Å². The van der Waals surface area contributed by atoms with Crippen molar-refractivity contribution in [2.45, 2.75) is 19.9 Å². The molecular weight excluding hydrogens is 304 g/mol. The second kappa shape index (κ2) is 6.74. The number of fused-ring (bicyclic) bond motifs is 1. The van der Waals surface area contributed by atoms with Crippen molar-refractivity contribution in [1.29, 1.82) is 0 Å². The van der Waals surface area contributed by atoms with Gasteiger partial charge >= 0.3 is 0 Å². The number of anilines is 1. The quantitative estimate of drug-likeness (QED) is 0.944. The lowest BCUT2D eigenvalue weighted by Crippen LogP contribution is -2.26. The van der Waals surface area contributed by atoms with Crippen molar-refractivity contribution < 1.29 is 14.3 Å². The smallest absolute Gasteiger partial charge is 0.251 e. The largest absolute Gasteiger partial charge is 0.491 e. The number of nitrogens with one attached hydrogen (secondary N) is 1. The molecule has 0 bridgehead atoms. The van der Waals surface area contributed by atoms with Crippen LogP contribution in [-0.4, -0.2) is 25.5 Å². The molecule has 1 heterocycles. The number of carbonyl (C=O) groups excluding carboxylic acids is 2. The van der Waals surface area contributed by atoms with Gasteiger partial charge in [-0.15, -0.1) is 0 Å². The molecule has 0 unspecified atom stereocenters. The monoisotopic (exact) mass is 324 g/mol. The van der Waals surface area contributed by atoms with Crippen molar-refractivity contribution in [1.82, 2.24) is 5.32 Å². The van der Waals surface area contributed by atoms with Crippen LogP contribution in [0.3, 0.4) is 0 Å². The van der Waals surface area contributed by atoms with Crippen molar-refractivity contribution in [2.75, 3.05) is 18.6 Å². The minimum absolute atomic E-state index is 0.0222. The third kappa shape index (κ3) is 3.40. The van der Waals surface area contributed by atoms with Gasteiger partial charge in [-0.1, -0.05) is 29.8 Å². The molecule has 2 aromatic rings. The Kier molecular flexibility index (Phi) is 4.51. The van der Waals surface area contributed by atoms with E-state index in [2.05, 4.69) is 5.32 Å². The van der Waals surface area contributed by atoms with Crippen molar-refractivity contribution in [3.05, 3.63) is 59.2 Å². The maximum Gasteiger partial charge on any atom is 0.251 e. The van der Waals surface area contributed by atoms with Crippen molar-refractivity contribution in [3.63, 3.8) is 0 Å². The van der Waals surface area contributed by atoms with Crippen LogP contribution in [-0.2, 0) is 11.3 Å². The van der Waals surface area contributed by atoms with Gasteiger partial charge in [-0.25, -0.2) is 0 Å². The van der Waals surface area contributed by atoms with Gasteiger partial charge in [0.25, 0.3) is 5.91 Å². The SMILES string of the molecule is Cc1cccc(CNC(=O)c2ccc3c(c2)N(C)C(=O)CCO3)c1.